The molecule has 2 saturated heterocycles. The molecule has 0 radical (unpaired) electrons. The van der Waals surface area contributed by atoms with E-state index in [0.29, 0.717) is 34.6 Å². The number of nitrogens with one attached hydrogen (secondary N) is 1. The van der Waals surface area contributed by atoms with Gasteiger partial charge in [0.2, 0.25) is 5.91 Å². The van der Waals surface area contributed by atoms with Crippen LogP contribution in [0.3, 0.4) is 0 Å². The third-order valence-corrected chi connectivity index (χ3v) is 12.7. The Morgan fingerprint density at radius 2 is 1.96 bits per heavy atom. The lowest BCUT2D eigenvalue weighted by atomic mass is 9.85. The zero-order valence-corrected chi connectivity index (χ0v) is 29.9. The van der Waals surface area contributed by atoms with E-state index in [-0.39, 0.29) is 58.4 Å². The Labute approximate surface area is 290 Å². The minimum Gasteiger partial charge on any atom is -0.335 e. The smallest absolute Gasteiger partial charge is 0.263 e. The molecule has 12 heteroatoms. The molecule has 3 fully saturated rings. The third kappa shape index (κ3) is 5.75. The van der Waals surface area contributed by atoms with Crippen LogP contribution >= 0.6 is 35.0 Å². The van der Waals surface area contributed by atoms with Gasteiger partial charge in [-0.15, -0.1) is 0 Å². The maximum Gasteiger partial charge on any atom is 0.263 e. The van der Waals surface area contributed by atoms with Gasteiger partial charge < -0.3 is 20.0 Å². The Hall–Kier alpha value is -2.40. The third-order valence-electron chi connectivity index (χ3n) is 10.9. The molecule has 6 aliphatic rings. The van der Waals surface area contributed by atoms with Crippen molar-refractivity contribution < 1.29 is 14.0 Å². The van der Waals surface area contributed by atoms with Crippen molar-refractivity contribution in [3.05, 3.63) is 62.2 Å². The van der Waals surface area contributed by atoms with Crippen LogP contribution in [-0.2, 0) is 9.59 Å². The second-order valence-electron chi connectivity index (χ2n) is 14.4. The second kappa shape index (κ2) is 12.5. The Bertz CT molecular complexity index is 1600. The van der Waals surface area contributed by atoms with Gasteiger partial charge in [-0.1, -0.05) is 57.0 Å². The Morgan fingerprint density at radius 3 is 2.60 bits per heavy atom. The standard InChI is InChI=1S/C35H43Cl2FN6O2S/c1-6-23-8-9-25(32(45)42-17-35(11-12-35)40-15-20(42)5)43(23)33(46)31-29(18(2)3)44-30(22-13-19(4)27(37)24(38)14-22)28(41-34(44)47-31)21-7-10-26(36)39-16-21/h7,10,14,16,18-20,23,25,28,30,40H,6,8-9,11-13,15,17H2,1-5H3/t19?,20-,23+,25?,28?,30?/m0/s1. The molecule has 1 N–H and O–H groups in total. The zero-order chi connectivity index (χ0) is 33.4. The van der Waals surface area contributed by atoms with Gasteiger partial charge in [-0.2, -0.15) is 0 Å². The lowest BCUT2D eigenvalue weighted by Crippen LogP contribution is -2.62. The summed E-state index contributed by atoms with van der Waals surface area (Å²) in [6.07, 6.45) is 8.26. The molecular weight excluding hydrogens is 658 g/mol. The number of hydrogen-bond acceptors (Lipinski definition) is 7. The number of pyridine rings is 1. The van der Waals surface area contributed by atoms with Crippen LogP contribution in [0, 0.1) is 11.8 Å². The van der Waals surface area contributed by atoms with Crippen LogP contribution in [-0.4, -0.2) is 79.5 Å². The van der Waals surface area contributed by atoms with E-state index in [1.54, 1.807) is 18.3 Å². The molecule has 8 nitrogen and oxygen atoms in total. The van der Waals surface area contributed by atoms with Crippen molar-refractivity contribution in [3.63, 3.8) is 0 Å². The molecular formula is C35H43Cl2FN6O2S. The SMILES string of the molecule is CC[C@@H]1CCC(C(=O)N2CC3(CC3)NC[C@@H]2C)N1C(=O)C1=C(C(C)C)N2C(=NC(c3ccc(Cl)nc3)C2C2=CC(F)=C(Cl)C(C)C2)S1. The molecule has 7 rings (SSSR count). The van der Waals surface area contributed by atoms with Gasteiger partial charge in [0.05, 0.1) is 11.1 Å². The molecule has 1 aromatic rings. The molecule has 6 atom stereocenters. The van der Waals surface area contributed by atoms with Crippen molar-refractivity contribution >= 4 is 51.9 Å². The first-order valence-corrected chi connectivity index (χ1v) is 18.5. The van der Waals surface area contributed by atoms with E-state index in [4.69, 9.17) is 28.2 Å². The van der Waals surface area contributed by atoms with Crippen LogP contribution in [0.4, 0.5) is 4.39 Å². The van der Waals surface area contributed by atoms with Crippen LogP contribution in [0.15, 0.2) is 56.4 Å². The normalized spacial score (nSPS) is 31.6. The Kier molecular flexibility index (Phi) is 8.80. The van der Waals surface area contributed by atoms with Crippen LogP contribution in [0.5, 0.6) is 0 Å². The van der Waals surface area contributed by atoms with Gasteiger partial charge in [0.1, 0.15) is 28.0 Å². The van der Waals surface area contributed by atoms with Crippen LogP contribution in [0.1, 0.15) is 84.7 Å². The number of aliphatic imine (C=N–C) groups is 1. The summed E-state index contributed by atoms with van der Waals surface area (Å²) in [5.41, 5.74) is 2.64. The average Bonchev–Trinajstić information content (AvgIpc) is 3.35. The van der Waals surface area contributed by atoms with Gasteiger partial charge >= 0.3 is 0 Å². The highest BCUT2D eigenvalue weighted by Gasteiger charge is 2.53. The summed E-state index contributed by atoms with van der Waals surface area (Å²) in [6.45, 7) is 11.8. The minimum atomic E-state index is -0.491. The number of halogens is 3. The molecule has 1 spiro atoms. The highest BCUT2D eigenvalue weighted by atomic mass is 35.5. The van der Waals surface area contributed by atoms with Gasteiger partial charge in [0, 0.05) is 42.6 Å². The molecule has 2 amide bonds. The molecule has 47 heavy (non-hydrogen) atoms. The first-order valence-electron chi connectivity index (χ1n) is 17.0. The predicted octanol–water partition coefficient (Wildman–Crippen LogP) is 6.94. The van der Waals surface area contributed by atoms with Crippen LogP contribution < -0.4 is 5.32 Å². The van der Waals surface area contributed by atoms with Crippen molar-refractivity contribution in [3.8, 4) is 0 Å². The summed E-state index contributed by atoms with van der Waals surface area (Å²) in [5.74, 6) is -0.693. The average molecular weight is 702 g/mol. The number of hydrogen-bond donors (Lipinski definition) is 1. The summed E-state index contributed by atoms with van der Waals surface area (Å²) in [5, 5.41) is 4.96. The number of likely N-dealkylation sites (tertiary alicyclic amines) is 1. The summed E-state index contributed by atoms with van der Waals surface area (Å²) < 4.78 is 15.2. The first kappa shape index (κ1) is 33.1. The van der Waals surface area contributed by atoms with E-state index in [9.17, 15) is 9.59 Å². The summed E-state index contributed by atoms with van der Waals surface area (Å²) in [7, 11) is 0. The van der Waals surface area contributed by atoms with Gasteiger partial charge in [0.15, 0.2) is 5.17 Å². The van der Waals surface area contributed by atoms with Crippen molar-refractivity contribution in [2.24, 2.45) is 16.8 Å². The predicted molar refractivity (Wildman–Crippen MR) is 185 cm³/mol. The van der Waals surface area contributed by atoms with Crippen molar-refractivity contribution in [2.75, 3.05) is 13.1 Å². The number of nitrogens with zero attached hydrogens (tertiary/aromatic N) is 5. The number of fused-ring (bicyclic) bond motifs is 1. The highest BCUT2D eigenvalue weighted by molar-refractivity contribution is 8.18. The van der Waals surface area contributed by atoms with E-state index in [2.05, 4.69) is 42.9 Å². The molecule has 4 aliphatic heterocycles. The fourth-order valence-corrected chi connectivity index (χ4v) is 9.62. The number of rotatable bonds is 6. The zero-order valence-electron chi connectivity index (χ0n) is 27.6. The van der Waals surface area contributed by atoms with E-state index in [1.807, 2.05) is 22.8 Å². The summed E-state index contributed by atoms with van der Waals surface area (Å²) in [4.78, 5) is 45.3. The number of allylic oxidation sites excluding steroid dienone is 4. The van der Waals surface area contributed by atoms with E-state index >= 15 is 4.39 Å². The maximum absolute atomic E-state index is 15.2. The monoisotopic (exact) mass is 700 g/mol. The van der Waals surface area contributed by atoms with Crippen LogP contribution in [0.25, 0.3) is 0 Å². The lowest BCUT2D eigenvalue weighted by Gasteiger charge is -2.42. The number of thioether (sulfide) groups is 1. The van der Waals surface area contributed by atoms with Crippen molar-refractivity contribution in [1.29, 1.82) is 0 Å². The summed E-state index contributed by atoms with van der Waals surface area (Å²) >= 11 is 13.9. The number of aromatic nitrogens is 1. The first-order chi connectivity index (χ1) is 22.4. The maximum atomic E-state index is 15.2. The quantitative estimate of drug-likeness (QED) is 0.324. The summed E-state index contributed by atoms with van der Waals surface area (Å²) in [6, 6.07) is 2.49. The number of carbonyl (C=O) groups excluding carboxylic acids is 2. The fraction of sp³-hybridized carbons (Fsp3) is 0.600. The molecule has 5 heterocycles. The van der Waals surface area contributed by atoms with E-state index in [1.165, 1.54) is 11.8 Å². The molecule has 1 aromatic heterocycles. The van der Waals surface area contributed by atoms with Gasteiger partial charge in [0.25, 0.3) is 5.91 Å². The molecule has 1 saturated carbocycles. The van der Waals surface area contributed by atoms with Crippen LogP contribution in [0.2, 0.25) is 5.15 Å². The van der Waals surface area contributed by atoms with Gasteiger partial charge in [-0.05, 0) is 92.3 Å². The van der Waals surface area contributed by atoms with Crippen molar-refractivity contribution in [1.82, 2.24) is 25.0 Å². The second-order valence-corrected chi connectivity index (χ2v) is 16.2. The fourth-order valence-electron chi connectivity index (χ4n) is 8.09. The number of amidine groups is 1. The van der Waals surface area contributed by atoms with E-state index in [0.717, 1.165) is 49.1 Å². The Morgan fingerprint density at radius 1 is 1.19 bits per heavy atom. The lowest BCUT2D eigenvalue weighted by molar-refractivity contribution is -0.146. The molecule has 4 unspecified atom stereocenters. The number of amides is 2. The number of carbonyl (C=O) groups is 2. The molecule has 0 aromatic carbocycles. The van der Waals surface area contributed by atoms with E-state index < -0.39 is 11.9 Å². The number of piperazine rings is 1. The highest BCUT2D eigenvalue weighted by Crippen LogP contribution is 2.52. The topological polar surface area (TPSA) is 81.1 Å². The molecule has 252 valence electrons. The Balaban J connectivity index is 1.26. The van der Waals surface area contributed by atoms with Gasteiger partial charge in [-0.3, -0.25) is 14.6 Å². The largest absolute Gasteiger partial charge is 0.335 e. The minimum absolute atomic E-state index is 0.0181. The molecule has 0 bridgehead atoms. The van der Waals surface area contributed by atoms with Gasteiger partial charge in [-0.25, -0.2) is 9.37 Å². The molecule has 2 aliphatic carbocycles. The van der Waals surface area contributed by atoms with Crippen molar-refractivity contribution in [2.45, 2.75) is 109 Å².